The number of hydrogen-bond acceptors (Lipinski definition) is 3. The van der Waals surface area contributed by atoms with E-state index >= 15 is 0 Å². The van der Waals surface area contributed by atoms with Crippen molar-refractivity contribution in [1.82, 2.24) is 10.6 Å². The first-order valence-electron chi connectivity index (χ1n) is 10.8. The zero-order valence-corrected chi connectivity index (χ0v) is 20.5. The maximum atomic E-state index is 13.5. The van der Waals surface area contributed by atoms with Crippen molar-refractivity contribution < 1.29 is 13.9 Å². The van der Waals surface area contributed by atoms with E-state index in [0.717, 1.165) is 29.7 Å². The molecule has 0 radical (unpaired) electrons. The van der Waals surface area contributed by atoms with Gasteiger partial charge < -0.3 is 20.7 Å². The topological polar surface area (TPSA) is 74.8 Å². The lowest BCUT2D eigenvalue weighted by Gasteiger charge is -2.38. The summed E-state index contributed by atoms with van der Waals surface area (Å²) in [4.78, 5) is 16.5. The Labute approximate surface area is 205 Å². The second-order valence-electron chi connectivity index (χ2n) is 8.24. The molecule has 0 aromatic heterocycles. The van der Waals surface area contributed by atoms with Gasteiger partial charge >= 0.3 is 0 Å². The Morgan fingerprint density at radius 2 is 1.88 bits per heavy atom. The van der Waals surface area contributed by atoms with Crippen molar-refractivity contribution in [2.24, 2.45) is 4.99 Å². The van der Waals surface area contributed by atoms with E-state index in [0.29, 0.717) is 38.7 Å². The molecule has 1 fully saturated rings. The fraction of sp³-hybridized carbons (Fsp3) is 0.417. The highest BCUT2D eigenvalue weighted by atomic mass is 127. The molecule has 4 rings (SSSR count). The van der Waals surface area contributed by atoms with Crippen molar-refractivity contribution in [3.8, 4) is 0 Å². The fourth-order valence-electron chi connectivity index (χ4n) is 4.51. The Balaban J connectivity index is 0.00000289. The molecule has 2 aliphatic rings. The Morgan fingerprint density at radius 3 is 2.59 bits per heavy atom. The number of anilines is 1. The normalized spacial score (nSPS) is 19.9. The molecular formula is C24H30FIN4O2. The minimum atomic E-state index is -0.229. The lowest BCUT2D eigenvalue weighted by atomic mass is 9.74. The predicted octanol–water partition coefficient (Wildman–Crippen LogP) is 3.78. The fourth-order valence-corrected chi connectivity index (χ4v) is 4.51. The molecule has 0 spiro atoms. The summed E-state index contributed by atoms with van der Waals surface area (Å²) in [6.07, 6.45) is 2.16. The molecule has 1 atom stereocenters. The van der Waals surface area contributed by atoms with Gasteiger partial charge in [-0.25, -0.2) is 4.39 Å². The van der Waals surface area contributed by atoms with Crippen LogP contribution in [-0.4, -0.2) is 45.2 Å². The number of carbonyl (C=O) groups excluding carboxylic acids is 1. The van der Waals surface area contributed by atoms with Gasteiger partial charge in [0.1, 0.15) is 5.82 Å². The van der Waals surface area contributed by atoms with Gasteiger partial charge in [-0.2, -0.15) is 0 Å². The Morgan fingerprint density at radius 1 is 1.16 bits per heavy atom. The largest absolute Gasteiger partial charge is 0.381 e. The summed E-state index contributed by atoms with van der Waals surface area (Å²) in [6, 6.07) is 14.7. The van der Waals surface area contributed by atoms with E-state index in [2.05, 4.69) is 27.0 Å². The standard InChI is InChI=1S/C24H29FN4O2.HI/c1-26-23(27-15-17-14-22(30)29-21-5-3-2-4-20(17)21)28-16-24(10-12-31-13-11-24)18-6-8-19(25)9-7-18;/h2-9,17H,10-16H2,1H3,(H,29,30)(H2,26,27,28);1H. The van der Waals surface area contributed by atoms with Crippen LogP contribution in [0.4, 0.5) is 10.1 Å². The van der Waals surface area contributed by atoms with Crippen molar-refractivity contribution in [2.75, 3.05) is 38.7 Å². The average molecular weight is 552 g/mol. The van der Waals surface area contributed by atoms with Gasteiger partial charge in [-0.1, -0.05) is 30.3 Å². The average Bonchev–Trinajstić information content (AvgIpc) is 2.80. The van der Waals surface area contributed by atoms with Crippen LogP contribution >= 0.6 is 24.0 Å². The molecule has 3 N–H and O–H groups in total. The Hall–Kier alpha value is -2.20. The summed E-state index contributed by atoms with van der Waals surface area (Å²) >= 11 is 0. The predicted molar refractivity (Wildman–Crippen MR) is 135 cm³/mol. The van der Waals surface area contributed by atoms with Gasteiger partial charge in [-0.05, 0) is 42.2 Å². The summed E-state index contributed by atoms with van der Waals surface area (Å²) in [5, 5.41) is 9.78. The van der Waals surface area contributed by atoms with Gasteiger partial charge in [0.25, 0.3) is 0 Å². The smallest absolute Gasteiger partial charge is 0.225 e. The molecule has 6 nitrogen and oxygen atoms in total. The van der Waals surface area contributed by atoms with E-state index in [-0.39, 0.29) is 47.0 Å². The minimum Gasteiger partial charge on any atom is -0.381 e. The SMILES string of the molecule is CN=C(NCC1CC(=O)Nc2ccccc21)NCC1(c2ccc(F)cc2)CCOCC1.I. The van der Waals surface area contributed by atoms with Crippen molar-refractivity contribution in [3.63, 3.8) is 0 Å². The molecular weight excluding hydrogens is 522 g/mol. The van der Waals surface area contributed by atoms with Gasteiger partial charge in [-0.3, -0.25) is 9.79 Å². The number of fused-ring (bicyclic) bond motifs is 1. The number of rotatable bonds is 5. The number of nitrogens with zero attached hydrogens (tertiary/aromatic N) is 1. The molecule has 8 heteroatoms. The second kappa shape index (κ2) is 11.1. The van der Waals surface area contributed by atoms with Crippen LogP contribution in [0, 0.1) is 5.82 Å². The number of benzene rings is 2. The van der Waals surface area contributed by atoms with E-state index in [1.807, 2.05) is 30.3 Å². The van der Waals surface area contributed by atoms with Crippen LogP contribution in [-0.2, 0) is 14.9 Å². The van der Waals surface area contributed by atoms with E-state index in [1.165, 1.54) is 12.1 Å². The highest BCUT2D eigenvalue weighted by Gasteiger charge is 2.35. The van der Waals surface area contributed by atoms with Crippen molar-refractivity contribution >= 4 is 41.5 Å². The van der Waals surface area contributed by atoms with E-state index in [4.69, 9.17) is 4.74 Å². The minimum absolute atomic E-state index is 0. The number of nitrogens with one attached hydrogen (secondary N) is 3. The summed E-state index contributed by atoms with van der Waals surface area (Å²) in [7, 11) is 1.74. The number of guanidine groups is 1. The molecule has 0 saturated carbocycles. The van der Waals surface area contributed by atoms with E-state index in [1.54, 1.807) is 7.05 Å². The molecule has 2 heterocycles. The van der Waals surface area contributed by atoms with Crippen molar-refractivity contribution in [2.45, 2.75) is 30.6 Å². The van der Waals surface area contributed by atoms with E-state index in [9.17, 15) is 9.18 Å². The maximum absolute atomic E-state index is 13.5. The number of amides is 1. The number of ether oxygens (including phenoxy) is 1. The monoisotopic (exact) mass is 552 g/mol. The van der Waals surface area contributed by atoms with Crippen LogP contribution in [0.25, 0.3) is 0 Å². The molecule has 0 aliphatic carbocycles. The second-order valence-corrected chi connectivity index (χ2v) is 8.24. The summed E-state index contributed by atoms with van der Waals surface area (Å²) in [5.41, 5.74) is 2.99. The van der Waals surface area contributed by atoms with Gasteiger partial charge in [0, 0.05) is 56.8 Å². The maximum Gasteiger partial charge on any atom is 0.225 e. The van der Waals surface area contributed by atoms with Gasteiger partial charge in [0.2, 0.25) is 5.91 Å². The summed E-state index contributed by atoms with van der Waals surface area (Å²) in [6.45, 7) is 2.64. The third-order valence-corrected chi connectivity index (χ3v) is 6.35. The molecule has 2 aromatic carbocycles. The van der Waals surface area contributed by atoms with Crippen molar-refractivity contribution in [1.29, 1.82) is 0 Å². The molecule has 32 heavy (non-hydrogen) atoms. The molecule has 2 aromatic rings. The lowest BCUT2D eigenvalue weighted by molar-refractivity contribution is -0.116. The van der Waals surface area contributed by atoms with Crippen LogP contribution in [0.3, 0.4) is 0 Å². The van der Waals surface area contributed by atoms with Crippen LogP contribution in [0.15, 0.2) is 53.5 Å². The van der Waals surface area contributed by atoms with Crippen molar-refractivity contribution in [3.05, 3.63) is 65.5 Å². The molecule has 2 aliphatic heterocycles. The van der Waals surface area contributed by atoms with Crippen LogP contribution in [0.2, 0.25) is 0 Å². The summed E-state index contributed by atoms with van der Waals surface area (Å²) in [5.74, 6) is 0.577. The zero-order chi connectivity index (χ0) is 21.7. The first-order valence-corrected chi connectivity index (χ1v) is 10.8. The Bertz CT molecular complexity index is 945. The molecule has 1 unspecified atom stereocenters. The number of para-hydroxylation sites is 1. The van der Waals surface area contributed by atoms with Gasteiger partial charge in [0.05, 0.1) is 0 Å². The molecule has 0 bridgehead atoms. The number of hydrogen-bond donors (Lipinski definition) is 3. The summed E-state index contributed by atoms with van der Waals surface area (Å²) < 4.78 is 19.0. The Kier molecular flexibility index (Phi) is 8.47. The first-order chi connectivity index (χ1) is 15.1. The molecule has 172 valence electrons. The quantitative estimate of drug-likeness (QED) is 0.300. The molecule has 1 amide bonds. The van der Waals surface area contributed by atoms with Gasteiger partial charge in [-0.15, -0.1) is 24.0 Å². The first kappa shape index (κ1) is 24.4. The third-order valence-electron chi connectivity index (χ3n) is 6.35. The van der Waals surface area contributed by atoms with Gasteiger partial charge in [0.15, 0.2) is 5.96 Å². The lowest BCUT2D eigenvalue weighted by Crippen LogP contribution is -2.48. The van der Waals surface area contributed by atoms with Crippen LogP contribution in [0.5, 0.6) is 0 Å². The third kappa shape index (κ3) is 5.58. The highest BCUT2D eigenvalue weighted by Crippen LogP contribution is 2.34. The van der Waals surface area contributed by atoms with Crippen LogP contribution < -0.4 is 16.0 Å². The zero-order valence-electron chi connectivity index (χ0n) is 18.2. The number of carbonyl (C=O) groups is 1. The molecule has 1 saturated heterocycles. The van der Waals surface area contributed by atoms with Crippen LogP contribution in [0.1, 0.15) is 36.3 Å². The number of halogens is 2. The highest BCUT2D eigenvalue weighted by molar-refractivity contribution is 14.0. The van der Waals surface area contributed by atoms with E-state index < -0.39 is 0 Å². The number of aliphatic imine (C=N–C) groups is 1.